The van der Waals surface area contributed by atoms with Crippen LogP contribution in [0.2, 0.25) is 0 Å². The highest BCUT2D eigenvalue weighted by molar-refractivity contribution is 7.27. The molecule has 5 heteroatoms. The van der Waals surface area contributed by atoms with Crippen LogP contribution in [0.1, 0.15) is 0 Å². The Labute approximate surface area is 311 Å². The molecule has 4 heterocycles. The first kappa shape index (κ1) is 29.2. The van der Waals surface area contributed by atoms with Gasteiger partial charge in [0.15, 0.2) is 5.82 Å². The van der Waals surface area contributed by atoms with Crippen LogP contribution < -0.4 is 0 Å². The van der Waals surface area contributed by atoms with Crippen LogP contribution in [0.5, 0.6) is 0 Å². The van der Waals surface area contributed by atoms with Gasteiger partial charge in [0.1, 0.15) is 16.0 Å². The molecule has 0 saturated carbocycles. The lowest BCUT2D eigenvalue weighted by atomic mass is 9.96. The Bertz CT molecular complexity index is 3460. The summed E-state index contributed by atoms with van der Waals surface area (Å²) in [4.78, 5) is 12.2. The molecule has 0 bridgehead atoms. The minimum Gasteiger partial charge on any atom is -0.290 e. The second kappa shape index (κ2) is 11.1. The molecule has 0 aliphatic carbocycles. The Morgan fingerprint density at radius 2 is 1.11 bits per heavy atom. The van der Waals surface area contributed by atoms with Crippen LogP contribution >= 0.6 is 22.7 Å². The summed E-state index contributed by atoms with van der Waals surface area (Å²) in [6.07, 6.45) is 0. The van der Waals surface area contributed by atoms with E-state index in [2.05, 4.69) is 168 Å². The summed E-state index contributed by atoms with van der Waals surface area (Å²) in [5.41, 5.74) is 7.48. The van der Waals surface area contributed by atoms with E-state index >= 15 is 0 Å². The highest BCUT2D eigenvalue weighted by atomic mass is 32.1. The zero-order valence-electron chi connectivity index (χ0n) is 28.2. The minimum atomic E-state index is 0.844. The maximum absolute atomic E-state index is 5.69. The molecule has 0 saturated heterocycles. The lowest BCUT2D eigenvalue weighted by Crippen LogP contribution is -2.03. The summed E-state index contributed by atoms with van der Waals surface area (Å²) >= 11 is 3.60. The molecule has 0 aliphatic rings. The third kappa shape index (κ3) is 4.15. The van der Waals surface area contributed by atoms with Crippen molar-refractivity contribution in [1.29, 1.82) is 0 Å². The van der Waals surface area contributed by atoms with Crippen LogP contribution in [0.4, 0.5) is 0 Å². The second-order valence-corrected chi connectivity index (χ2v) is 15.8. The number of thiophene rings is 2. The van der Waals surface area contributed by atoms with Crippen LogP contribution in [0.15, 0.2) is 164 Å². The molecule has 0 amide bonds. The van der Waals surface area contributed by atoms with Crippen molar-refractivity contribution in [2.45, 2.75) is 0 Å². The van der Waals surface area contributed by atoms with Gasteiger partial charge in [0.05, 0.1) is 15.7 Å². The van der Waals surface area contributed by atoms with Crippen molar-refractivity contribution in [2.24, 2.45) is 0 Å². The molecular formula is C48H27N3S2. The van der Waals surface area contributed by atoms with E-state index < -0.39 is 0 Å². The molecular weight excluding hydrogens is 683 g/mol. The average Bonchev–Trinajstić information content (AvgIpc) is 3.91. The summed E-state index contributed by atoms with van der Waals surface area (Å²) in [7, 11) is 0. The summed E-state index contributed by atoms with van der Waals surface area (Å²) in [5, 5.41) is 11.3. The third-order valence-corrected chi connectivity index (χ3v) is 13.0. The first-order valence-corrected chi connectivity index (χ1v) is 19.5. The van der Waals surface area contributed by atoms with Gasteiger partial charge in [0.2, 0.25) is 0 Å². The molecule has 0 unspecified atom stereocenters. The molecule has 0 aliphatic heterocycles. The van der Waals surface area contributed by atoms with Gasteiger partial charge in [-0.2, -0.15) is 0 Å². The summed E-state index contributed by atoms with van der Waals surface area (Å²) in [6, 6.07) is 59.1. The molecule has 12 rings (SSSR count). The molecule has 8 aromatic carbocycles. The molecule has 0 spiro atoms. The fraction of sp³-hybridized carbons (Fsp3) is 0. The predicted octanol–water partition coefficient (Wildman–Crippen LogP) is 13.9. The van der Waals surface area contributed by atoms with Gasteiger partial charge in [-0.3, -0.25) is 4.57 Å². The third-order valence-electron chi connectivity index (χ3n) is 10.8. The number of hydrogen-bond acceptors (Lipinski definition) is 4. The normalized spacial score (nSPS) is 12.2. The fourth-order valence-corrected chi connectivity index (χ4v) is 10.8. The van der Waals surface area contributed by atoms with Crippen LogP contribution in [0, 0.1) is 0 Å². The van der Waals surface area contributed by atoms with Crippen LogP contribution in [-0.4, -0.2) is 14.5 Å². The number of aromatic nitrogens is 3. The topological polar surface area (TPSA) is 30.7 Å². The average molecular weight is 710 g/mol. The SMILES string of the molecule is c1ccc(-c2cccc(-c3nc4sc5ccccc5c4nc3-n3c4ccccc4c4c5ccccc5c5c(sc6ccc7ccccc7c65)c43)c2)cc1. The Kier molecular flexibility index (Phi) is 6.09. The van der Waals surface area contributed by atoms with Gasteiger partial charge in [0.25, 0.3) is 0 Å². The molecule has 12 aromatic rings. The lowest BCUT2D eigenvalue weighted by molar-refractivity contribution is 1.09. The Hall–Kier alpha value is -6.40. The molecule has 0 N–H and O–H groups in total. The van der Waals surface area contributed by atoms with Crippen molar-refractivity contribution >= 4 is 107 Å². The van der Waals surface area contributed by atoms with Crippen LogP contribution in [0.25, 0.3) is 112 Å². The molecule has 0 fully saturated rings. The summed E-state index contributed by atoms with van der Waals surface area (Å²) in [5.74, 6) is 0.844. The number of hydrogen-bond donors (Lipinski definition) is 0. The van der Waals surface area contributed by atoms with E-state index in [-0.39, 0.29) is 0 Å². The molecule has 3 nitrogen and oxygen atoms in total. The van der Waals surface area contributed by atoms with E-state index in [4.69, 9.17) is 9.97 Å². The van der Waals surface area contributed by atoms with Crippen molar-refractivity contribution in [3.63, 3.8) is 0 Å². The number of fused-ring (bicyclic) bond motifs is 15. The van der Waals surface area contributed by atoms with Gasteiger partial charge in [0, 0.05) is 41.9 Å². The monoisotopic (exact) mass is 709 g/mol. The van der Waals surface area contributed by atoms with Crippen molar-refractivity contribution in [3.05, 3.63) is 164 Å². The predicted molar refractivity (Wildman–Crippen MR) is 228 cm³/mol. The van der Waals surface area contributed by atoms with E-state index in [0.717, 1.165) is 43.9 Å². The van der Waals surface area contributed by atoms with E-state index in [9.17, 15) is 0 Å². The summed E-state index contributed by atoms with van der Waals surface area (Å²) < 4.78 is 6.17. The summed E-state index contributed by atoms with van der Waals surface area (Å²) in [6.45, 7) is 0. The minimum absolute atomic E-state index is 0.844. The number of rotatable bonds is 3. The molecule has 246 valence electrons. The van der Waals surface area contributed by atoms with Gasteiger partial charge in [-0.25, -0.2) is 9.97 Å². The highest BCUT2D eigenvalue weighted by Gasteiger charge is 2.26. The van der Waals surface area contributed by atoms with Crippen molar-refractivity contribution < 1.29 is 0 Å². The maximum Gasteiger partial charge on any atom is 0.165 e. The number of nitrogens with zero attached hydrogens (tertiary/aromatic N) is 3. The second-order valence-electron chi connectivity index (χ2n) is 13.7. The number of para-hydroxylation sites is 1. The van der Waals surface area contributed by atoms with Gasteiger partial charge in [-0.15, -0.1) is 22.7 Å². The van der Waals surface area contributed by atoms with Gasteiger partial charge in [-0.05, 0) is 56.9 Å². The molecule has 4 aromatic heterocycles. The Balaban J connectivity index is 1.30. The van der Waals surface area contributed by atoms with Crippen LogP contribution in [-0.2, 0) is 0 Å². The van der Waals surface area contributed by atoms with Crippen molar-refractivity contribution in [2.75, 3.05) is 0 Å². The standard InChI is InChI=1S/C48H27N3S2/c1-2-13-28(14-3-1)30-16-12-17-31(27-30)43-47(49-44-36-22-9-11-24-38(36)53-48(44)50-43)51-37-23-10-8-21-35(37)40-33-19-6-7-20-34(33)42-41-32-18-5-4-15-29(32)25-26-39(41)52-46(42)45(40)51/h1-27H. The maximum atomic E-state index is 5.69. The first-order valence-electron chi connectivity index (χ1n) is 17.8. The molecule has 0 radical (unpaired) electrons. The van der Waals surface area contributed by atoms with Gasteiger partial charge < -0.3 is 0 Å². The number of benzene rings is 8. The van der Waals surface area contributed by atoms with E-state index in [1.807, 2.05) is 11.3 Å². The smallest absolute Gasteiger partial charge is 0.165 e. The van der Waals surface area contributed by atoms with Crippen LogP contribution in [0.3, 0.4) is 0 Å². The molecule has 53 heavy (non-hydrogen) atoms. The Morgan fingerprint density at radius 1 is 0.434 bits per heavy atom. The van der Waals surface area contributed by atoms with Gasteiger partial charge >= 0.3 is 0 Å². The van der Waals surface area contributed by atoms with Crippen molar-refractivity contribution in [3.8, 4) is 28.2 Å². The van der Waals surface area contributed by atoms with Crippen molar-refractivity contribution in [1.82, 2.24) is 14.5 Å². The molecule has 0 atom stereocenters. The first-order chi connectivity index (χ1) is 26.3. The fourth-order valence-electron chi connectivity index (χ4n) is 8.50. The quantitative estimate of drug-likeness (QED) is 0.183. The highest BCUT2D eigenvalue weighted by Crippen LogP contribution is 2.50. The van der Waals surface area contributed by atoms with E-state index in [0.29, 0.717) is 0 Å². The largest absolute Gasteiger partial charge is 0.290 e. The van der Waals surface area contributed by atoms with Gasteiger partial charge in [-0.1, -0.05) is 140 Å². The zero-order valence-corrected chi connectivity index (χ0v) is 29.9. The van der Waals surface area contributed by atoms with E-state index in [1.165, 1.54) is 68.3 Å². The zero-order chi connectivity index (χ0) is 34.6. The Morgan fingerprint density at radius 3 is 1.98 bits per heavy atom. The van der Waals surface area contributed by atoms with E-state index in [1.54, 1.807) is 11.3 Å². The lowest BCUT2D eigenvalue weighted by Gasteiger charge is -2.14.